The lowest BCUT2D eigenvalue weighted by molar-refractivity contribution is 0.0610. The van der Waals surface area contributed by atoms with Gasteiger partial charge in [-0.05, 0) is 65.1 Å². The Labute approximate surface area is 100 Å². The van der Waals surface area contributed by atoms with Gasteiger partial charge >= 0.3 is 0 Å². The SMILES string of the molecule is CC(N)CCCN(C)CCC1CCOCC1. The van der Waals surface area contributed by atoms with E-state index in [4.69, 9.17) is 10.5 Å². The van der Waals surface area contributed by atoms with E-state index >= 15 is 0 Å². The van der Waals surface area contributed by atoms with Crippen molar-refractivity contribution in [2.45, 2.75) is 45.1 Å². The first-order valence-corrected chi connectivity index (χ1v) is 6.70. The molecule has 0 spiro atoms. The molecule has 3 nitrogen and oxygen atoms in total. The topological polar surface area (TPSA) is 38.5 Å². The molecule has 0 aromatic rings. The smallest absolute Gasteiger partial charge is 0.0468 e. The molecular formula is C13H28N2O. The van der Waals surface area contributed by atoms with E-state index in [1.807, 2.05) is 0 Å². The summed E-state index contributed by atoms with van der Waals surface area (Å²) in [4.78, 5) is 2.44. The van der Waals surface area contributed by atoms with Crippen molar-refractivity contribution in [1.82, 2.24) is 4.90 Å². The van der Waals surface area contributed by atoms with E-state index in [-0.39, 0.29) is 0 Å². The second-order valence-electron chi connectivity index (χ2n) is 5.27. The third-order valence-corrected chi connectivity index (χ3v) is 3.46. The van der Waals surface area contributed by atoms with E-state index in [1.54, 1.807) is 0 Å². The predicted molar refractivity (Wildman–Crippen MR) is 68.5 cm³/mol. The second-order valence-corrected chi connectivity index (χ2v) is 5.27. The van der Waals surface area contributed by atoms with Gasteiger partial charge in [-0.3, -0.25) is 0 Å². The fourth-order valence-electron chi connectivity index (χ4n) is 2.23. The van der Waals surface area contributed by atoms with Crippen LogP contribution >= 0.6 is 0 Å². The summed E-state index contributed by atoms with van der Waals surface area (Å²) in [6, 6.07) is 0.351. The van der Waals surface area contributed by atoms with Crippen LogP contribution in [0.3, 0.4) is 0 Å². The van der Waals surface area contributed by atoms with Crippen LogP contribution in [0.1, 0.15) is 39.0 Å². The van der Waals surface area contributed by atoms with Gasteiger partial charge in [-0.15, -0.1) is 0 Å². The van der Waals surface area contributed by atoms with Crippen molar-refractivity contribution < 1.29 is 4.74 Å². The van der Waals surface area contributed by atoms with Crippen LogP contribution in [0.25, 0.3) is 0 Å². The molecule has 0 amide bonds. The molecule has 1 aliphatic rings. The Bertz CT molecular complexity index is 167. The molecule has 3 heteroatoms. The minimum absolute atomic E-state index is 0.351. The number of hydrogen-bond donors (Lipinski definition) is 1. The predicted octanol–water partition coefficient (Wildman–Crippen LogP) is 1.86. The molecule has 0 aromatic carbocycles. The van der Waals surface area contributed by atoms with Crippen molar-refractivity contribution in [3.8, 4) is 0 Å². The van der Waals surface area contributed by atoms with E-state index in [2.05, 4.69) is 18.9 Å². The van der Waals surface area contributed by atoms with Crippen LogP contribution in [-0.4, -0.2) is 44.3 Å². The molecule has 1 atom stereocenters. The summed E-state index contributed by atoms with van der Waals surface area (Å²) in [5.74, 6) is 0.893. The van der Waals surface area contributed by atoms with Crippen LogP contribution < -0.4 is 5.73 Å². The average molecular weight is 228 g/mol. The minimum Gasteiger partial charge on any atom is -0.381 e. The lowest BCUT2D eigenvalue weighted by atomic mass is 9.96. The maximum Gasteiger partial charge on any atom is 0.0468 e. The Hall–Kier alpha value is -0.120. The number of nitrogens with zero attached hydrogens (tertiary/aromatic N) is 1. The zero-order valence-electron chi connectivity index (χ0n) is 11.0. The zero-order chi connectivity index (χ0) is 11.8. The van der Waals surface area contributed by atoms with Crippen LogP contribution in [0.15, 0.2) is 0 Å². The molecule has 1 heterocycles. The van der Waals surface area contributed by atoms with Crippen LogP contribution in [0.5, 0.6) is 0 Å². The number of rotatable bonds is 7. The normalized spacial score (nSPS) is 20.2. The highest BCUT2D eigenvalue weighted by Crippen LogP contribution is 2.18. The summed E-state index contributed by atoms with van der Waals surface area (Å²) in [6.45, 7) is 6.44. The monoisotopic (exact) mass is 228 g/mol. The van der Waals surface area contributed by atoms with Gasteiger partial charge in [0.05, 0.1) is 0 Å². The van der Waals surface area contributed by atoms with Gasteiger partial charge in [0, 0.05) is 19.3 Å². The zero-order valence-corrected chi connectivity index (χ0v) is 11.0. The molecule has 1 aliphatic heterocycles. The van der Waals surface area contributed by atoms with Gasteiger partial charge in [0.25, 0.3) is 0 Å². The van der Waals surface area contributed by atoms with Crippen LogP contribution in [0, 0.1) is 5.92 Å². The molecule has 0 radical (unpaired) electrons. The first-order valence-electron chi connectivity index (χ1n) is 6.70. The summed E-state index contributed by atoms with van der Waals surface area (Å²) in [5.41, 5.74) is 5.74. The lowest BCUT2D eigenvalue weighted by Crippen LogP contribution is -2.26. The van der Waals surface area contributed by atoms with Gasteiger partial charge in [-0.1, -0.05) is 0 Å². The summed E-state index contributed by atoms with van der Waals surface area (Å²) in [5, 5.41) is 0. The molecule has 1 unspecified atom stereocenters. The highest BCUT2D eigenvalue weighted by atomic mass is 16.5. The van der Waals surface area contributed by atoms with Crippen molar-refractivity contribution >= 4 is 0 Å². The quantitative estimate of drug-likeness (QED) is 0.723. The third-order valence-electron chi connectivity index (χ3n) is 3.46. The van der Waals surface area contributed by atoms with Gasteiger partial charge in [-0.25, -0.2) is 0 Å². The molecule has 96 valence electrons. The highest BCUT2D eigenvalue weighted by Gasteiger charge is 2.13. The minimum atomic E-state index is 0.351. The third kappa shape index (κ3) is 6.46. The Morgan fingerprint density at radius 2 is 2.00 bits per heavy atom. The van der Waals surface area contributed by atoms with Crippen molar-refractivity contribution in [2.75, 3.05) is 33.4 Å². The van der Waals surface area contributed by atoms with E-state index in [1.165, 1.54) is 38.8 Å². The maximum absolute atomic E-state index is 5.74. The van der Waals surface area contributed by atoms with Gasteiger partial charge in [0.1, 0.15) is 0 Å². The molecule has 1 rings (SSSR count). The molecule has 0 saturated carbocycles. The number of hydrogen-bond acceptors (Lipinski definition) is 3. The van der Waals surface area contributed by atoms with E-state index in [0.717, 1.165) is 25.6 Å². The van der Waals surface area contributed by atoms with Crippen molar-refractivity contribution in [3.63, 3.8) is 0 Å². The molecule has 0 aliphatic carbocycles. The average Bonchev–Trinajstić information content (AvgIpc) is 2.27. The second kappa shape index (κ2) is 8.04. The Kier molecular flexibility index (Phi) is 7.01. The van der Waals surface area contributed by atoms with E-state index in [0.29, 0.717) is 6.04 Å². The Morgan fingerprint density at radius 3 is 2.62 bits per heavy atom. The van der Waals surface area contributed by atoms with Crippen molar-refractivity contribution in [1.29, 1.82) is 0 Å². The summed E-state index contributed by atoms with van der Waals surface area (Å²) < 4.78 is 5.37. The molecule has 2 N–H and O–H groups in total. The summed E-state index contributed by atoms with van der Waals surface area (Å²) >= 11 is 0. The largest absolute Gasteiger partial charge is 0.381 e. The van der Waals surface area contributed by atoms with Crippen molar-refractivity contribution in [2.24, 2.45) is 11.7 Å². The summed E-state index contributed by atoms with van der Waals surface area (Å²) in [7, 11) is 2.22. The first kappa shape index (κ1) is 13.9. The van der Waals surface area contributed by atoms with Crippen LogP contribution in [-0.2, 0) is 4.74 Å². The molecule has 16 heavy (non-hydrogen) atoms. The number of ether oxygens (including phenoxy) is 1. The fraction of sp³-hybridized carbons (Fsp3) is 1.00. The Balaban J connectivity index is 1.98. The molecular weight excluding hydrogens is 200 g/mol. The summed E-state index contributed by atoms with van der Waals surface area (Å²) in [6.07, 6.45) is 6.21. The van der Waals surface area contributed by atoms with Crippen LogP contribution in [0.4, 0.5) is 0 Å². The van der Waals surface area contributed by atoms with Gasteiger partial charge in [0.2, 0.25) is 0 Å². The van der Waals surface area contributed by atoms with Gasteiger partial charge in [-0.2, -0.15) is 0 Å². The maximum atomic E-state index is 5.74. The highest BCUT2D eigenvalue weighted by molar-refractivity contribution is 4.66. The van der Waals surface area contributed by atoms with Gasteiger partial charge in [0.15, 0.2) is 0 Å². The standard InChI is InChI=1S/C13H28N2O/c1-12(14)4-3-8-15(2)9-5-13-6-10-16-11-7-13/h12-13H,3-11,14H2,1-2H3. The fourth-order valence-corrected chi connectivity index (χ4v) is 2.23. The van der Waals surface area contributed by atoms with E-state index < -0.39 is 0 Å². The molecule has 0 bridgehead atoms. The van der Waals surface area contributed by atoms with Gasteiger partial charge < -0.3 is 15.4 Å². The number of nitrogens with two attached hydrogens (primary N) is 1. The molecule has 1 fully saturated rings. The van der Waals surface area contributed by atoms with Crippen LogP contribution in [0.2, 0.25) is 0 Å². The Morgan fingerprint density at radius 1 is 1.31 bits per heavy atom. The molecule has 1 saturated heterocycles. The van der Waals surface area contributed by atoms with Crippen molar-refractivity contribution in [3.05, 3.63) is 0 Å². The molecule has 0 aromatic heterocycles. The van der Waals surface area contributed by atoms with E-state index in [9.17, 15) is 0 Å². The first-order chi connectivity index (χ1) is 7.68. The lowest BCUT2D eigenvalue weighted by Gasteiger charge is -2.24.